The number of para-hydroxylation sites is 1. The van der Waals surface area contributed by atoms with Crippen molar-refractivity contribution in [3.63, 3.8) is 0 Å². The van der Waals surface area contributed by atoms with Crippen molar-refractivity contribution in [3.05, 3.63) is 77.0 Å². The number of hydrogen-bond donors (Lipinski definition) is 1. The lowest BCUT2D eigenvalue weighted by Crippen LogP contribution is -2.17. The van der Waals surface area contributed by atoms with Crippen LogP contribution in [0.5, 0.6) is 0 Å². The van der Waals surface area contributed by atoms with Crippen LogP contribution in [0.2, 0.25) is 0 Å². The third-order valence-corrected chi connectivity index (χ3v) is 4.59. The molecule has 7 heteroatoms. The molecule has 1 aliphatic carbocycles. The molecular weight excluding hydrogens is 355 g/mol. The second kappa shape index (κ2) is 6.57. The molecule has 0 aliphatic heterocycles. The lowest BCUT2D eigenvalue weighted by molar-refractivity contribution is -0.137. The Morgan fingerprint density at radius 2 is 1.81 bits per heavy atom. The fraction of sp³-hybridized carbons (Fsp3) is 0.200. The quantitative estimate of drug-likeness (QED) is 0.730. The normalized spacial score (nSPS) is 13.4. The summed E-state index contributed by atoms with van der Waals surface area (Å²) in [4.78, 5) is 12.7. The van der Waals surface area contributed by atoms with Gasteiger partial charge in [0.15, 0.2) is 0 Å². The van der Waals surface area contributed by atoms with Crippen molar-refractivity contribution in [3.8, 4) is 5.69 Å². The third-order valence-electron chi connectivity index (χ3n) is 4.59. The van der Waals surface area contributed by atoms with Gasteiger partial charge in [0.1, 0.15) is 5.82 Å². The van der Waals surface area contributed by atoms with Gasteiger partial charge in [0, 0.05) is 11.1 Å². The van der Waals surface area contributed by atoms with E-state index in [0.717, 1.165) is 48.3 Å². The Morgan fingerprint density at radius 3 is 2.56 bits per heavy atom. The number of carbonyl (C=O) groups excluding carboxylic acids is 1. The number of alkyl halides is 3. The van der Waals surface area contributed by atoms with Gasteiger partial charge in [-0.1, -0.05) is 24.3 Å². The highest BCUT2D eigenvalue weighted by molar-refractivity contribution is 6.04. The first-order valence-corrected chi connectivity index (χ1v) is 8.58. The highest BCUT2D eigenvalue weighted by Crippen LogP contribution is 2.32. The molecule has 1 heterocycles. The zero-order valence-electron chi connectivity index (χ0n) is 14.3. The molecule has 0 fully saturated rings. The third kappa shape index (κ3) is 3.32. The molecule has 4 rings (SSSR count). The van der Waals surface area contributed by atoms with Gasteiger partial charge in [0.25, 0.3) is 5.91 Å². The van der Waals surface area contributed by atoms with E-state index in [1.165, 1.54) is 12.1 Å². The molecule has 4 nitrogen and oxygen atoms in total. The fourth-order valence-corrected chi connectivity index (χ4v) is 3.29. The van der Waals surface area contributed by atoms with E-state index in [9.17, 15) is 18.0 Å². The van der Waals surface area contributed by atoms with Gasteiger partial charge in [-0.3, -0.25) is 4.79 Å². The van der Waals surface area contributed by atoms with Gasteiger partial charge in [-0.25, -0.2) is 4.68 Å². The molecule has 0 spiro atoms. The minimum absolute atomic E-state index is 0.0441. The molecule has 0 saturated heterocycles. The number of anilines is 1. The lowest BCUT2D eigenvalue weighted by atomic mass is 10.1. The average Bonchev–Trinajstić information content (AvgIpc) is 3.24. The largest absolute Gasteiger partial charge is 0.416 e. The topological polar surface area (TPSA) is 46.9 Å². The van der Waals surface area contributed by atoms with Crippen LogP contribution in [0.4, 0.5) is 19.0 Å². The summed E-state index contributed by atoms with van der Waals surface area (Å²) < 4.78 is 40.4. The van der Waals surface area contributed by atoms with Crippen molar-refractivity contribution in [2.24, 2.45) is 0 Å². The summed E-state index contributed by atoms with van der Waals surface area (Å²) in [5, 5.41) is 7.36. The Labute approximate surface area is 153 Å². The van der Waals surface area contributed by atoms with E-state index in [1.807, 2.05) is 30.3 Å². The molecule has 0 bridgehead atoms. The van der Waals surface area contributed by atoms with Crippen LogP contribution in [0, 0.1) is 0 Å². The zero-order valence-corrected chi connectivity index (χ0v) is 14.3. The predicted molar refractivity (Wildman–Crippen MR) is 95.0 cm³/mol. The molecule has 0 radical (unpaired) electrons. The van der Waals surface area contributed by atoms with Crippen LogP contribution in [0.3, 0.4) is 0 Å². The van der Waals surface area contributed by atoms with Gasteiger partial charge in [0.05, 0.1) is 16.9 Å². The summed E-state index contributed by atoms with van der Waals surface area (Å²) in [6.45, 7) is 0. The molecule has 1 aromatic heterocycles. The minimum Gasteiger partial charge on any atom is -0.306 e. The number of nitrogens with zero attached hydrogens (tertiary/aromatic N) is 2. The number of amides is 1. The number of hydrogen-bond acceptors (Lipinski definition) is 2. The van der Waals surface area contributed by atoms with E-state index in [2.05, 4.69) is 10.4 Å². The fourth-order valence-electron chi connectivity index (χ4n) is 3.29. The highest BCUT2D eigenvalue weighted by Gasteiger charge is 2.31. The highest BCUT2D eigenvalue weighted by atomic mass is 19.4. The maximum absolute atomic E-state index is 12.9. The van der Waals surface area contributed by atoms with Gasteiger partial charge < -0.3 is 5.32 Å². The smallest absolute Gasteiger partial charge is 0.306 e. The Hall–Kier alpha value is -3.09. The minimum atomic E-state index is -4.50. The Kier molecular flexibility index (Phi) is 4.22. The average molecular weight is 371 g/mol. The molecule has 1 amide bonds. The van der Waals surface area contributed by atoms with Crippen molar-refractivity contribution in [2.75, 3.05) is 5.32 Å². The van der Waals surface area contributed by atoms with Crippen molar-refractivity contribution in [1.29, 1.82) is 0 Å². The number of fused-ring (bicyclic) bond motifs is 1. The first-order valence-electron chi connectivity index (χ1n) is 8.58. The van der Waals surface area contributed by atoms with Crippen LogP contribution in [0.25, 0.3) is 5.69 Å². The number of benzene rings is 2. The van der Waals surface area contributed by atoms with Crippen LogP contribution >= 0.6 is 0 Å². The number of halogens is 3. The van der Waals surface area contributed by atoms with Crippen LogP contribution in [0.15, 0.2) is 54.6 Å². The van der Waals surface area contributed by atoms with Crippen LogP contribution in [0.1, 0.15) is 33.6 Å². The Morgan fingerprint density at radius 1 is 1.04 bits per heavy atom. The molecule has 0 saturated carbocycles. The van der Waals surface area contributed by atoms with Gasteiger partial charge in [0.2, 0.25) is 0 Å². The zero-order chi connectivity index (χ0) is 19.0. The van der Waals surface area contributed by atoms with E-state index >= 15 is 0 Å². The maximum Gasteiger partial charge on any atom is 0.416 e. The second-order valence-electron chi connectivity index (χ2n) is 6.41. The maximum atomic E-state index is 12.9. The van der Waals surface area contributed by atoms with Crippen molar-refractivity contribution < 1.29 is 18.0 Å². The first kappa shape index (κ1) is 17.3. The molecule has 2 aromatic carbocycles. The van der Waals surface area contributed by atoms with Crippen molar-refractivity contribution in [1.82, 2.24) is 9.78 Å². The lowest BCUT2D eigenvalue weighted by Gasteiger charge is -2.12. The summed E-state index contributed by atoms with van der Waals surface area (Å²) in [6.07, 6.45) is -1.95. The molecule has 138 valence electrons. The molecular formula is C20H16F3N3O. The molecule has 3 aromatic rings. The summed E-state index contributed by atoms with van der Waals surface area (Å²) in [6, 6.07) is 13.7. The van der Waals surface area contributed by atoms with Gasteiger partial charge >= 0.3 is 6.18 Å². The van der Waals surface area contributed by atoms with Gasteiger partial charge in [-0.2, -0.15) is 18.3 Å². The van der Waals surface area contributed by atoms with Gasteiger partial charge in [-0.15, -0.1) is 0 Å². The van der Waals surface area contributed by atoms with Crippen LogP contribution in [-0.2, 0) is 19.0 Å². The standard InChI is InChI=1S/C20H16F3N3O/c21-20(22,23)14-7-4-6-13(12-14)19(27)24-18-16-10-5-11-17(16)25-26(18)15-8-2-1-3-9-15/h1-4,6-9,12H,5,10-11H2,(H,24,27). The molecule has 0 atom stereocenters. The van der Waals surface area contributed by atoms with Crippen LogP contribution < -0.4 is 5.32 Å². The number of aromatic nitrogens is 2. The van der Waals surface area contributed by atoms with E-state index in [1.54, 1.807) is 4.68 Å². The van der Waals surface area contributed by atoms with Crippen molar-refractivity contribution >= 4 is 11.7 Å². The van der Waals surface area contributed by atoms with E-state index in [-0.39, 0.29) is 5.56 Å². The number of rotatable bonds is 3. The summed E-state index contributed by atoms with van der Waals surface area (Å²) >= 11 is 0. The SMILES string of the molecule is O=C(Nc1c2c(nn1-c1ccccc1)CCC2)c1cccc(C(F)(F)F)c1. The first-order chi connectivity index (χ1) is 12.9. The van der Waals surface area contributed by atoms with Crippen LogP contribution in [-0.4, -0.2) is 15.7 Å². The second-order valence-corrected chi connectivity index (χ2v) is 6.41. The summed E-state index contributed by atoms with van der Waals surface area (Å²) in [5.41, 5.74) is 1.75. The summed E-state index contributed by atoms with van der Waals surface area (Å²) in [7, 11) is 0. The molecule has 1 aliphatic rings. The Balaban J connectivity index is 1.70. The van der Waals surface area contributed by atoms with E-state index in [4.69, 9.17) is 0 Å². The summed E-state index contributed by atoms with van der Waals surface area (Å²) in [5.74, 6) is -0.0657. The van der Waals surface area contributed by atoms with Gasteiger partial charge in [-0.05, 0) is 49.6 Å². The Bertz CT molecular complexity index is 993. The molecule has 0 unspecified atom stereocenters. The number of aryl methyl sites for hydroxylation is 1. The monoisotopic (exact) mass is 371 g/mol. The number of nitrogens with one attached hydrogen (secondary N) is 1. The van der Waals surface area contributed by atoms with E-state index < -0.39 is 17.6 Å². The molecule has 1 N–H and O–H groups in total. The van der Waals surface area contributed by atoms with E-state index in [0.29, 0.717) is 5.82 Å². The van der Waals surface area contributed by atoms with Crippen molar-refractivity contribution in [2.45, 2.75) is 25.4 Å². The predicted octanol–water partition coefficient (Wildman–Crippen LogP) is 4.63. The number of carbonyl (C=O) groups is 1. The molecule has 27 heavy (non-hydrogen) atoms.